The zero-order valence-corrected chi connectivity index (χ0v) is 15.1. The number of carbonyl (C=O) groups excluding carboxylic acids is 1. The number of hydrogen-bond donors (Lipinski definition) is 0. The van der Waals surface area contributed by atoms with Crippen molar-refractivity contribution in [3.05, 3.63) is 35.4 Å². The van der Waals surface area contributed by atoms with Crippen molar-refractivity contribution in [1.29, 1.82) is 0 Å². The summed E-state index contributed by atoms with van der Waals surface area (Å²) in [7, 11) is -3.17. The van der Waals surface area contributed by atoms with Gasteiger partial charge in [0.25, 0.3) is 0 Å². The Hall–Kier alpha value is -0.903. The van der Waals surface area contributed by atoms with E-state index in [2.05, 4.69) is 12.1 Å². The molecule has 0 N–H and O–H groups in total. The number of rotatable bonds is 6. The summed E-state index contributed by atoms with van der Waals surface area (Å²) in [5.41, 5.74) is 2.51. The van der Waals surface area contributed by atoms with Crippen molar-refractivity contribution in [2.45, 2.75) is 38.1 Å². The van der Waals surface area contributed by atoms with Crippen LogP contribution in [0.5, 0.6) is 0 Å². The highest BCUT2D eigenvalue weighted by Crippen LogP contribution is 2.57. The molecule has 4 nitrogen and oxygen atoms in total. The number of carbonyl (C=O) groups is 1. The maximum Gasteiger partial charge on any atom is 0.216 e. The molecule has 0 fully saturated rings. The van der Waals surface area contributed by atoms with E-state index >= 15 is 0 Å². The molecule has 116 valence electrons. The number of amides is 1. The summed E-state index contributed by atoms with van der Waals surface area (Å²) >= 11 is 0. The van der Waals surface area contributed by atoms with E-state index < -0.39 is 15.7 Å². The third-order valence-corrected chi connectivity index (χ3v) is 9.36. The van der Waals surface area contributed by atoms with Gasteiger partial charge in [-0.3, -0.25) is 9.36 Å². The first kappa shape index (κ1) is 16.5. The molecule has 2 rings (SSSR count). The lowest BCUT2D eigenvalue weighted by Gasteiger charge is -2.32. The van der Waals surface area contributed by atoms with E-state index in [1.807, 2.05) is 31.8 Å². The lowest BCUT2D eigenvalue weighted by molar-refractivity contribution is -0.116. The Bertz CT molecular complexity index is 545. The van der Waals surface area contributed by atoms with Crippen molar-refractivity contribution in [3.63, 3.8) is 0 Å². The van der Waals surface area contributed by atoms with E-state index in [-0.39, 0.29) is 11.9 Å². The van der Waals surface area contributed by atoms with E-state index in [9.17, 15) is 9.36 Å². The maximum absolute atomic E-state index is 13.5. The van der Waals surface area contributed by atoms with Gasteiger partial charge in [-0.15, -0.1) is 0 Å². The molecular weight excluding hydrogens is 301 g/mol. The molecule has 1 aromatic carbocycles. The first-order valence-electron chi connectivity index (χ1n) is 7.25. The Morgan fingerprint density at radius 2 is 1.81 bits per heavy atom. The third-order valence-electron chi connectivity index (χ3n) is 3.61. The minimum absolute atomic E-state index is 0.0102. The number of nitrogens with zero attached hydrogens (tertiary/aromatic N) is 1. The van der Waals surface area contributed by atoms with Gasteiger partial charge in [0.05, 0.1) is 6.29 Å². The Labute approximate surface area is 128 Å². The first-order valence-corrected chi connectivity index (χ1v) is 12.5. The molecule has 21 heavy (non-hydrogen) atoms. The van der Waals surface area contributed by atoms with Gasteiger partial charge < -0.3 is 9.11 Å². The highest BCUT2D eigenvalue weighted by atomic mass is 31.2. The van der Waals surface area contributed by atoms with Gasteiger partial charge in [0.2, 0.25) is 13.8 Å². The summed E-state index contributed by atoms with van der Waals surface area (Å²) in [6.07, 6.45) is 2.50. The molecule has 0 saturated carbocycles. The minimum Gasteiger partial charge on any atom is -0.369 e. The molecule has 0 aliphatic heterocycles. The first-order chi connectivity index (χ1) is 9.73. The average Bonchev–Trinajstić information content (AvgIpc) is 2.80. The van der Waals surface area contributed by atoms with Gasteiger partial charge in [0, 0.05) is 12.7 Å². The molecular formula is C15H24NO3PSi. The van der Waals surface area contributed by atoms with Gasteiger partial charge in [-0.25, -0.2) is 0 Å². The summed E-state index contributed by atoms with van der Waals surface area (Å²) in [5, 5.41) is 0. The summed E-state index contributed by atoms with van der Waals surface area (Å²) in [5.74, 6) is 0. The zero-order chi connectivity index (χ0) is 15.7. The maximum atomic E-state index is 13.5. The van der Waals surface area contributed by atoms with Crippen LogP contribution in [-0.4, -0.2) is 38.6 Å². The van der Waals surface area contributed by atoms with Crippen LogP contribution in [0.2, 0.25) is 19.6 Å². The average molecular weight is 325 g/mol. The molecule has 0 aromatic heterocycles. The van der Waals surface area contributed by atoms with E-state index in [0.29, 0.717) is 0 Å². The van der Waals surface area contributed by atoms with Crippen LogP contribution in [0.4, 0.5) is 0 Å². The van der Waals surface area contributed by atoms with Crippen molar-refractivity contribution in [2.24, 2.45) is 0 Å². The monoisotopic (exact) mass is 325 g/mol. The van der Waals surface area contributed by atoms with Crippen LogP contribution in [0.25, 0.3) is 0 Å². The summed E-state index contributed by atoms with van der Waals surface area (Å²) in [4.78, 5) is 12.4. The van der Waals surface area contributed by atoms with Gasteiger partial charge >= 0.3 is 0 Å². The molecule has 0 saturated heterocycles. The van der Waals surface area contributed by atoms with Crippen molar-refractivity contribution in [2.75, 3.05) is 13.3 Å². The topological polar surface area (TPSA) is 46.6 Å². The predicted octanol–water partition coefficient (Wildman–Crippen LogP) is 3.33. The van der Waals surface area contributed by atoms with Crippen LogP contribution in [0, 0.1) is 0 Å². The predicted molar refractivity (Wildman–Crippen MR) is 88.4 cm³/mol. The molecule has 6 heteroatoms. The lowest BCUT2D eigenvalue weighted by atomic mass is 10.1. The highest BCUT2D eigenvalue weighted by Gasteiger charge is 2.42. The number of fused-ring (bicyclic) bond motifs is 1. The second-order valence-corrected chi connectivity index (χ2v) is 14.2. The molecule has 1 aliphatic carbocycles. The van der Waals surface area contributed by atoms with Crippen LogP contribution in [0.1, 0.15) is 11.1 Å². The van der Waals surface area contributed by atoms with Gasteiger partial charge in [-0.1, -0.05) is 24.3 Å². The van der Waals surface area contributed by atoms with Gasteiger partial charge in [-0.05, 0) is 43.6 Å². The molecule has 0 bridgehead atoms. The van der Waals surface area contributed by atoms with Crippen LogP contribution in [0.15, 0.2) is 24.3 Å². The quantitative estimate of drug-likeness (QED) is 0.458. The Kier molecular flexibility index (Phi) is 4.76. The number of benzene rings is 1. The summed E-state index contributed by atoms with van der Waals surface area (Å²) in [6, 6.07) is 8.22. The lowest BCUT2D eigenvalue weighted by Crippen LogP contribution is -2.31. The van der Waals surface area contributed by atoms with Gasteiger partial charge in [0.1, 0.15) is 0 Å². The normalized spacial score (nSPS) is 18.1. The fraction of sp³-hybridized carbons (Fsp3) is 0.533. The fourth-order valence-corrected chi connectivity index (χ4v) is 9.25. The second-order valence-electron chi connectivity index (χ2n) is 6.76. The molecule has 1 amide bonds. The highest BCUT2D eigenvalue weighted by molar-refractivity contribution is 7.61. The van der Waals surface area contributed by atoms with Crippen LogP contribution < -0.4 is 0 Å². The van der Waals surface area contributed by atoms with Crippen molar-refractivity contribution in [3.8, 4) is 0 Å². The molecule has 1 aliphatic rings. The molecule has 0 radical (unpaired) electrons. The third kappa shape index (κ3) is 4.06. The largest absolute Gasteiger partial charge is 0.369 e. The summed E-state index contributed by atoms with van der Waals surface area (Å²) in [6.45, 7) is 6.13. The van der Waals surface area contributed by atoms with E-state index in [0.717, 1.165) is 19.3 Å². The molecule has 0 spiro atoms. The Balaban J connectivity index is 2.25. The van der Waals surface area contributed by atoms with Crippen molar-refractivity contribution >= 4 is 22.1 Å². The summed E-state index contributed by atoms with van der Waals surface area (Å²) < 4.78 is 19.6. The smallest absolute Gasteiger partial charge is 0.216 e. The van der Waals surface area contributed by atoms with Crippen LogP contribution >= 0.6 is 7.37 Å². The van der Waals surface area contributed by atoms with Crippen LogP contribution in [-0.2, 0) is 26.4 Å². The Morgan fingerprint density at radius 1 is 1.29 bits per heavy atom. The van der Waals surface area contributed by atoms with Crippen molar-refractivity contribution in [1.82, 2.24) is 4.90 Å². The van der Waals surface area contributed by atoms with E-state index in [4.69, 9.17) is 4.21 Å². The Morgan fingerprint density at radius 3 is 2.24 bits per heavy atom. The molecule has 1 aromatic rings. The number of hydrogen-bond acceptors (Lipinski definition) is 3. The molecule has 1 unspecified atom stereocenters. The minimum atomic E-state index is -2.89. The van der Waals surface area contributed by atoms with Gasteiger partial charge in [0.15, 0.2) is 8.32 Å². The van der Waals surface area contributed by atoms with Gasteiger partial charge in [-0.2, -0.15) is 0 Å². The SMILES string of the molecule is CN(C=O)CP(=O)(O[Si](C)(C)C)C1Cc2ccccc2C1. The molecule has 1 atom stereocenters. The molecule has 0 heterocycles. The van der Waals surface area contributed by atoms with E-state index in [1.54, 1.807) is 7.05 Å². The second kappa shape index (κ2) is 6.07. The zero-order valence-electron chi connectivity index (χ0n) is 13.2. The standard InChI is InChI=1S/C15H24NO3PSi/c1-16(11-17)12-20(18,19-21(2,3)4)15-9-13-7-5-6-8-14(13)10-15/h5-8,11,15H,9-10,12H2,1-4H3. The van der Waals surface area contributed by atoms with Crippen molar-refractivity contribution < 1.29 is 13.6 Å². The van der Waals surface area contributed by atoms with Crippen LogP contribution in [0.3, 0.4) is 0 Å². The fourth-order valence-electron chi connectivity index (χ4n) is 2.84. The van der Waals surface area contributed by atoms with E-state index in [1.165, 1.54) is 16.0 Å².